The summed E-state index contributed by atoms with van der Waals surface area (Å²) in [4.78, 5) is 1.45. The van der Waals surface area contributed by atoms with E-state index in [-0.39, 0.29) is 0 Å². The second kappa shape index (κ2) is 7.36. The molecule has 0 amide bonds. The van der Waals surface area contributed by atoms with E-state index in [9.17, 15) is 0 Å². The molecule has 0 aliphatic heterocycles. The van der Waals surface area contributed by atoms with E-state index in [1.165, 1.54) is 26.4 Å². The van der Waals surface area contributed by atoms with E-state index < -0.39 is 5.31 Å². The number of benzene rings is 3. The normalized spacial score (nSPS) is 13.0. The van der Waals surface area contributed by atoms with Crippen molar-refractivity contribution in [3.05, 3.63) is 113 Å². The predicted molar refractivity (Wildman–Crippen MR) is 127 cm³/mol. The average Bonchev–Trinajstić information content (AvgIpc) is 3.14. The Morgan fingerprint density at radius 1 is 0.667 bits per heavy atom. The fourth-order valence-electron chi connectivity index (χ4n) is 3.77. The number of aryl methyl sites for hydroxylation is 1. The molecular formula is C24H22BrPS. The summed E-state index contributed by atoms with van der Waals surface area (Å²) in [7, 11) is 0. The second-order valence-corrected chi connectivity index (χ2v) is 16.8. The van der Waals surface area contributed by atoms with Crippen molar-refractivity contribution in [2.75, 3.05) is 0 Å². The molecule has 0 atom stereocenters. The SMILES string of the molecule is Cc1ccsc1CP(Br)(c1ccccc1)(c1ccccc1)c1ccccc1. The van der Waals surface area contributed by atoms with Crippen molar-refractivity contribution in [1.29, 1.82) is 0 Å². The van der Waals surface area contributed by atoms with E-state index in [0.717, 1.165) is 6.16 Å². The molecule has 0 fully saturated rings. The molecule has 0 spiro atoms. The first-order valence-electron chi connectivity index (χ1n) is 9.05. The van der Waals surface area contributed by atoms with Gasteiger partial charge in [0.05, 0.1) is 0 Å². The van der Waals surface area contributed by atoms with Crippen LogP contribution in [0.5, 0.6) is 0 Å². The van der Waals surface area contributed by atoms with Crippen molar-refractivity contribution in [3.63, 3.8) is 0 Å². The van der Waals surface area contributed by atoms with Crippen molar-refractivity contribution < 1.29 is 0 Å². The van der Waals surface area contributed by atoms with Crippen LogP contribution < -0.4 is 15.9 Å². The molecule has 0 nitrogen and oxygen atoms in total. The van der Waals surface area contributed by atoms with Gasteiger partial charge in [-0.15, -0.1) is 0 Å². The van der Waals surface area contributed by atoms with Gasteiger partial charge in [-0.3, -0.25) is 0 Å². The van der Waals surface area contributed by atoms with Gasteiger partial charge >= 0.3 is 174 Å². The zero-order chi connectivity index (χ0) is 18.8. The quantitative estimate of drug-likeness (QED) is 0.307. The number of thiophene rings is 1. The zero-order valence-corrected chi connectivity index (χ0v) is 18.6. The predicted octanol–water partition coefficient (Wildman–Crippen LogP) is 6.40. The van der Waals surface area contributed by atoms with E-state index in [2.05, 4.69) is 125 Å². The molecule has 0 saturated heterocycles. The van der Waals surface area contributed by atoms with Gasteiger partial charge in [-0.05, 0) is 0 Å². The van der Waals surface area contributed by atoms with Crippen LogP contribution in [0, 0.1) is 6.92 Å². The maximum atomic E-state index is 4.51. The van der Waals surface area contributed by atoms with E-state index in [0.29, 0.717) is 0 Å². The van der Waals surface area contributed by atoms with Gasteiger partial charge in [-0.25, -0.2) is 0 Å². The molecule has 1 aromatic heterocycles. The van der Waals surface area contributed by atoms with Crippen LogP contribution in [-0.2, 0) is 6.16 Å². The Kier molecular flexibility index (Phi) is 5.07. The van der Waals surface area contributed by atoms with Crippen LogP contribution in [0.15, 0.2) is 102 Å². The van der Waals surface area contributed by atoms with Crippen molar-refractivity contribution >= 4 is 48.0 Å². The van der Waals surface area contributed by atoms with Crippen LogP contribution in [0.4, 0.5) is 0 Å². The van der Waals surface area contributed by atoms with Gasteiger partial charge in [-0.1, -0.05) is 0 Å². The third-order valence-corrected chi connectivity index (χ3v) is 16.0. The molecule has 1 heterocycles. The second-order valence-electron chi connectivity index (χ2n) is 6.87. The van der Waals surface area contributed by atoms with Gasteiger partial charge < -0.3 is 0 Å². The van der Waals surface area contributed by atoms with Gasteiger partial charge in [0.25, 0.3) is 0 Å². The van der Waals surface area contributed by atoms with Crippen molar-refractivity contribution in [2.45, 2.75) is 13.1 Å². The first kappa shape index (κ1) is 18.6. The van der Waals surface area contributed by atoms with E-state index in [1.807, 2.05) is 11.3 Å². The van der Waals surface area contributed by atoms with Gasteiger partial charge in [0.15, 0.2) is 0 Å². The summed E-state index contributed by atoms with van der Waals surface area (Å²) in [5.41, 5.74) is 1.37. The summed E-state index contributed by atoms with van der Waals surface area (Å²) in [5.74, 6) is 0. The van der Waals surface area contributed by atoms with Crippen LogP contribution in [-0.4, -0.2) is 0 Å². The Balaban J connectivity index is 2.11. The molecule has 0 N–H and O–H groups in total. The fourth-order valence-corrected chi connectivity index (χ4v) is 13.5. The minimum atomic E-state index is -2.85. The molecule has 0 saturated carbocycles. The minimum absolute atomic E-state index is 0.979. The van der Waals surface area contributed by atoms with E-state index >= 15 is 0 Å². The Bertz CT molecular complexity index is 926. The third-order valence-electron chi connectivity index (χ3n) is 5.29. The van der Waals surface area contributed by atoms with Crippen LogP contribution in [0.2, 0.25) is 0 Å². The standard InChI is InChI=1S/C24H22BrPS/c1-20-17-18-27-24(20)19-26(25,21-11-5-2-6-12-21,22-13-7-3-8-14-22)23-15-9-4-10-16-23/h2-18H,19H2,1H3. The summed E-state index contributed by atoms with van der Waals surface area (Å²) in [6.07, 6.45) is 0.979. The monoisotopic (exact) mass is 452 g/mol. The molecule has 3 aromatic carbocycles. The molecule has 0 unspecified atom stereocenters. The molecule has 27 heavy (non-hydrogen) atoms. The summed E-state index contributed by atoms with van der Waals surface area (Å²) >= 11 is 6.37. The Labute approximate surface area is 173 Å². The first-order valence-corrected chi connectivity index (χ1v) is 14.4. The molecule has 0 radical (unpaired) electrons. The van der Waals surface area contributed by atoms with Crippen molar-refractivity contribution in [2.24, 2.45) is 0 Å². The van der Waals surface area contributed by atoms with Gasteiger partial charge in [0, 0.05) is 0 Å². The van der Waals surface area contributed by atoms with Gasteiger partial charge in [-0.2, -0.15) is 0 Å². The average molecular weight is 453 g/mol. The van der Waals surface area contributed by atoms with Crippen molar-refractivity contribution in [3.8, 4) is 0 Å². The maximum absolute atomic E-state index is 4.51. The number of hydrogen-bond acceptors (Lipinski definition) is 1. The van der Waals surface area contributed by atoms with E-state index in [4.69, 9.17) is 0 Å². The topological polar surface area (TPSA) is 0 Å². The zero-order valence-electron chi connectivity index (χ0n) is 15.3. The van der Waals surface area contributed by atoms with Gasteiger partial charge in [0.1, 0.15) is 0 Å². The molecule has 4 rings (SSSR count). The molecule has 4 aromatic rings. The van der Waals surface area contributed by atoms with Crippen molar-refractivity contribution in [1.82, 2.24) is 0 Å². The molecular weight excluding hydrogens is 431 g/mol. The van der Waals surface area contributed by atoms with Gasteiger partial charge in [0.2, 0.25) is 0 Å². The summed E-state index contributed by atoms with van der Waals surface area (Å²) in [5, 5.41) is 3.46. The van der Waals surface area contributed by atoms with Crippen LogP contribution >= 0.6 is 32.1 Å². The first-order chi connectivity index (χ1) is 13.1. The summed E-state index contributed by atoms with van der Waals surface area (Å²) in [6, 6.07) is 35.2. The molecule has 0 aliphatic carbocycles. The third kappa shape index (κ3) is 3.10. The summed E-state index contributed by atoms with van der Waals surface area (Å²) in [6.45, 7) is 2.22. The molecule has 0 aliphatic rings. The van der Waals surface area contributed by atoms with E-state index in [1.54, 1.807) is 0 Å². The Morgan fingerprint density at radius 2 is 1.07 bits per heavy atom. The van der Waals surface area contributed by atoms with Crippen LogP contribution in [0.3, 0.4) is 0 Å². The summed E-state index contributed by atoms with van der Waals surface area (Å²) < 4.78 is 0. The molecule has 136 valence electrons. The Hall–Kier alpha value is -1.73. The molecule has 3 heteroatoms. The number of halogens is 1. The van der Waals surface area contributed by atoms with Crippen LogP contribution in [0.25, 0.3) is 0 Å². The Morgan fingerprint density at radius 3 is 1.41 bits per heavy atom. The fraction of sp³-hybridized carbons (Fsp3) is 0.0833. The molecule has 0 bridgehead atoms. The van der Waals surface area contributed by atoms with Crippen LogP contribution in [0.1, 0.15) is 10.4 Å². The number of hydrogen-bond donors (Lipinski definition) is 0. The number of rotatable bonds is 5.